The largest absolute Gasteiger partial charge is 0.452 e. The Kier molecular flexibility index (Phi) is 5.58. The van der Waals surface area contributed by atoms with Gasteiger partial charge in [-0.3, -0.25) is 4.79 Å². The van der Waals surface area contributed by atoms with Gasteiger partial charge in [-0.2, -0.15) is 0 Å². The van der Waals surface area contributed by atoms with E-state index in [9.17, 15) is 9.59 Å². The Morgan fingerprint density at radius 2 is 1.86 bits per heavy atom. The molecule has 1 N–H and O–H groups in total. The van der Waals surface area contributed by atoms with E-state index in [1.54, 1.807) is 12.1 Å². The van der Waals surface area contributed by atoms with Crippen LogP contribution in [0.3, 0.4) is 0 Å². The molecule has 2 rings (SSSR count). The molecule has 0 saturated heterocycles. The smallest absolute Gasteiger partial charge is 0.338 e. The Bertz CT molecular complexity index is 524. The predicted molar refractivity (Wildman–Crippen MR) is 85.6 cm³/mol. The molecular weight excluding hydrogens is 278 g/mol. The SMILES string of the molecule is Cc1ccc(C(=O)OCC(=O)N[C@@H]2CCC[C@@H](C)[C@H]2C)cc1. The summed E-state index contributed by atoms with van der Waals surface area (Å²) < 4.78 is 5.08. The summed E-state index contributed by atoms with van der Waals surface area (Å²) in [5, 5.41) is 3.00. The van der Waals surface area contributed by atoms with Crippen molar-refractivity contribution in [3.05, 3.63) is 35.4 Å². The van der Waals surface area contributed by atoms with E-state index in [1.165, 1.54) is 6.42 Å². The molecule has 4 nitrogen and oxygen atoms in total. The molecule has 0 heterocycles. The van der Waals surface area contributed by atoms with Gasteiger partial charge in [0, 0.05) is 6.04 Å². The van der Waals surface area contributed by atoms with Crippen molar-refractivity contribution in [2.75, 3.05) is 6.61 Å². The van der Waals surface area contributed by atoms with Crippen molar-refractivity contribution in [1.82, 2.24) is 5.32 Å². The van der Waals surface area contributed by atoms with E-state index < -0.39 is 5.97 Å². The highest BCUT2D eigenvalue weighted by atomic mass is 16.5. The van der Waals surface area contributed by atoms with Gasteiger partial charge in [-0.05, 0) is 37.3 Å². The number of rotatable bonds is 4. The highest BCUT2D eigenvalue weighted by Gasteiger charge is 2.28. The van der Waals surface area contributed by atoms with Crippen molar-refractivity contribution in [1.29, 1.82) is 0 Å². The van der Waals surface area contributed by atoms with Crippen molar-refractivity contribution >= 4 is 11.9 Å². The van der Waals surface area contributed by atoms with Crippen LogP contribution < -0.4 is 5.32 Å². The van der Waals surface area contributed by atoms with E-state index in [4.69, 9.17) is 4.74 Å². The van der Waals surface area contributed by atoms with Crippen LogP contribution in [0, 0.1) is 18.8 Å². The molecule has 1 amide bonds. The zero-order valence-corrected chi connectivity index (χ0v) is 13.6. The van der Waals surface area contributed by atoms with Crippen LogP contribution in [0.5, 0.6) is 0 Å². The number of benzene rings is 1. The summed E-state index contributed by atoms with van der Waals surface area (Å²) in [6.45, 7) is 6.13. The van der Waals surface area contributed by atoms with Crippen LogP contribution in [-0.4, -0.2) is 24.5 Å². The van der Waals surface area contributed by atoms with E-state index in [2.05, 4.69) is 19.2 Å². The molecule has 3 atom stereocenters. The molecular formula is C18H25NO3. The van der Waals surface area contributed by atoms with Gasteiger partial charge in [-0.15, -0.1) is 0 Å². The summed E-state index contributed by atoms with van der Waals surface area (Å²) in [5.41, 5.74) is 1.55. The Hall–Kier alpha value is -1.84. The third-order valence-corrected chi connectivity index (χ3v) is 4.67. The van der Waals surface area contributed by atoms with Gasteiger partial charge >= 0.3 is 5.97 Å². The second kappa shape index (κ2) is 7.43. The van der Waals surface area contributed by atoms with Crippen LogP contribution in [0.15, 0.2) is 24.3 Å². The van der Waals surface area contributed by atoms with Crippen molar-refractivity contribution in [3.8, 4) is 0 Å². The van der Waals surface area contributed by atoms with E-state index in [-0.39, 0.29) is 18.6 Å². The van der Waals surface area contributed by atoms with Crippen molar-refractivity contribution < 1.29 is 14.3 Å². The molecule has 1 saturated carbocycles. The Morgan fingerprint density at radius 3 is 2.55 bits per heavy atom. The number of amides is 1. The van der Waals surface area contributed by atoms with Crippen LogP contribution in [-0.2, 0) is 9.53 Å². The van der Waals surface area contributed by atoms with Crippen molar-refractivity contribution in [2.45, 2.75) is 46.1 Å². The molecule has 1 aromatic rings. The lowest BCUT2D eigenvalue weighted by Crippen LogP contribution is -2.45. The van der Waals surface area contributed by atoms with Gasteiger partial charge in [0.05, 0.1) is 5.56 Å². The predicted octanol–water partition coefficient (Wildman–Crippen LogP) is 3.09. The number of aryl methyl sites for hydroxylation is 1. The standard InChI is InChI=1S/C18H25NO3/c1-12-7-9-15(10-8-12)18(21)22-11-17(20)19-16-6-4-5-13(2)14(16)3/h7-10,13-14,16H,4-6,11H2,1-3H3,(H,19,20)/t13-,14-,16-/m1/s1. The van der Waals surface area contributed by atoms with Crippen molar-refractivity contribution in [2.24, 2.45) is 11.8 Å². The quantitative estimate of drug-likeness (QED) is 0.870. The number of nitrogens with one attached hydrogen (secondary N) is 1. The molecule has 4 heteroatoms. The van der Waals surface area contributed by atoms with E-state index in [0.29, 0.717) is 17.4 Å². The maximum Gasteiger partial charge on any atom is 0.338 e. The second-order valence-electron chi connectivity index (χ2n) is 6.38. The Balaban J connectivity index is 1.80. The Morgan fingerprint density at radius 1 is 1.18 bits per heavy atom. The fourth-order valence-electron chi connectivity index (χ4n) is 2.94. The normalized spacial score (nSPS) is 24.6. The fraction of sp³-hybridized carbons (Fsp3) is 0.556. The first-order valence-corrected chi connectivity index (χ1v) is 8.00. The molecule has 0 spiro atoms. The molecule has 1 aliphatic rings. The number of esters is 1. The zero-order chi connectivity index (χ0) is 16.1. The monoisotopic (exact) mass is 303 g/mol. The molecule has 1 fully saturated rings. The van der Waals surface area contributed by atoms with Gasteiger partial charge in [0.25, 0.3) is 5.91 Å². The second-order valence-corrected chi connectivity index (χ2v) is 6.38. The number of hydrogen-bond acceptors (Lipinski definition) is 3. The van der Waals surface area contributed by atoms with Gasteiger partial charge in [0.1, 0.15) is 0 Å². The lowest BCUT2D eigenvalue weighted by molar-refractivity contribution is -0.125. The summed E-state index contributed by atoms with van der Waals surface area (Å²) in [5.74, 6) is 0.409. The molecule has 0 aliphatic heterocycles. The van der Waals surface area contributed by atoms with Gasteiger partial charge < -0.3 is 10.1 Å². The minimum Gasteiger partial charge on any atom is -0.452 e. The van der Waals surface area contributed by atoms with Gasteiger partial charge in [0.15, 0.2) is 6.61 Å². The summed E-state index contributed by atoms with van der Waals surface area (Å²) in [7, 11) is 0. The lowest BCUT2D eigenvalue weighted by atomic mass is 9.78. The van der Waals surface area contributed by atoms with Crippen LogP contribution in [0.25, 0.3) is 0 Å². The lowest BCUT2D eigenvalue weighted by Gasteiger charge is -2.34. The third kappa shape index (κ3) is 4.33. The van der Waals surface area contributed by atoms with Crippen LogP contribution in [0.1, 0.15) is 49.0 Å². The number of ether oxygens (including phenoxy) is 1. The van der Waals surface area contributed by atoms with Crippen LogP contribution in [0.4, 0.5) is 0 Å². The van der Waals surface area contributed by atoms with Crippen LogP contribution >= 0.6 is 0 Å². The molecule has 22 heavy (non-hydrogen) atoms. The molecule has 0 bridgehead atoms. The highest BCUT2D eigenvalue weighted by Crippen LogP contribution is 2.29. The number of carbonyl (C=O) groups excluding carboxylic acids is 2. The van der Waals surface area contributed by atoms with Crippen molar-refractivity contribution in [3.63, 3.8) is 0 Å². The average molecular weight is 303 g/mol. The summed E-state index contributed by atoms with van der Waals surface area (Å²) in [4.78, 5) is 23.8. The number of carbonyl (C=O) groups is 2. The first-order chi connectivity index (χ1) is 10.5. The first-order valence-electron chi connectivity index (χ1n) is 8.00. The molecule has 0 radical (unpaired) electrons. The Labute approximate surface area is 132 Å². The highest BCUT2D eigenvalue weighted by molar-refractivity contribution is 5.91. The summed E-state index contributed by atoms with van der Waals surface area (Å²) >= 11 is 0. The van der Waals surface area contributed by atoms with Gasteiger partial charge in [-0.1, -0.05) is 44.4 Å². The minimum atomic E-state index is -0.458. The van der Waals surface area contributed by atoms with E-state index in [0.717, 1.165) is 18.4 Å². The topological polar surface area (TPSA) is 55.4 Å². The molecule has 1 aromatic carbocycles. The minimum absolute atomic E-state index is 0.189. The third-order valence-electron chi connectivity index (χ3n) is 4.67. The molecule has 0 unspecified atom stereocenters. The van der Waals surface area contributed by atoms with Gasteiger partial charge in [-0.25, -0.2) is 4.79 Å². The van der Waals surface area contributed by atoms with E-state index >= 15 is 0 Å². The molecule has 1 aliphatic carbocycles. The van der Waals surface area contributed by atoms with Gasteiger partial charge in [0.2, 0.25) is 0 Å². The zero-order valence-electron chi connectivity index (χ0n) is 13.6. The van der Waals surface area contributed by atoms with Crippen LogP contribution in [0.2, 0.25) is 0 Å². The van der Waals surface area contributed by atoms with E-state index in [1.807, 2.05) is 19.1 Å². The maximum absolute atomic E-state index is 12.0. The molecule has 0 aromatic heterocycles. The number of hydrogen-bond donors (Lipinski definition) is 1. The average Bonchev–Trinajstić information content (AvgIpc) is 2.50. The summed E-state index contributed by atoms with van der Waals surface area (Å²) in [6.07, 6.45) is 3.36. The molecule has 120 valence electrons. The first kappa shape index (κ1) is 16.5. The summed E-state index contributed by atoms with van der Waals surface area (Å²) in [6, 6.07) is 7.30. The fourth-order valence-corrected chi connectivity index (χ4v) is 2.94. The maximum atomic E-state index is 12.0.